The van der Waals surface area contributed by atoms with Crippen LogP contribution in [0.25, 0.3) is 0 Å². The van der Waals surface area contributed by atoms with Crippen LogP contribution in [0.4, 0.5) is 4.79 Å². The van der Waals surface area contributed by atoms with Gasteiger partial charge in [0.25, 0.3) is 0 Å². The second-order valence-electron chi connectivity index (χ2n) is 8.64. The smallest absolute Gasteiger partial charge is 0.315 e. The number of carbonyl (C=O) groups is 1. The molecule has 3 aliphatic carbocycles. The fourth-order valence-electron chi connectivity index (χ4n) is 4.98. The Labute approximate surface area is 166 Å². The van der Waals surface area contributed by atoms with Crippen LogP contribution in [-0.4, -0.2) is 38.4 Å². The van der Waals surface area contributed by atoms with Gasteiger partial charge in [-0.25, -0.2) is 18.4 Å². The summed E-state index contributed by atoms with van der Waals surface area (Å²) in [5.74, 6) is 1.21. The van der Waals surface area contributed by atoms with Gasteiger partial charge < -0.3 is 15.4 Å². The SMILES string of the molecule is NS(=O)(=O)CC1CC(NC(=O)NC2C[C@@H]3CC(OCc4ccccc4)C[C@H]23)C1. The van der Waals surface area contributed by atoms with Gasteiger partial charge in [0.15, 0.2) is 0 Å². The molecule has 1 aromatic rings. The van der Waals surface area contributed by atoms with E-state index in [4.69, 9.17) is 9.88 Å². The van der Waals surface area contributed by atoms with Gasteiger partial charge in [0.05, 0.1) is 18.5 Å². The lowest BCUT2D eigenvalue weighted by Crippen LogP contribution is -2.56. The average Bonchev–Trinajstić information content (AvgIpc) is 2.92. The largest absolute Gasteiger partial charge is 0.374 e. The van der Waals surface area contributed by atoms with Crippen molar-refractivity contribution >= 4 is 16.1 Å². The van der Waals surface area contributed by atoms with Gasteiger partial charge in [-0.15, -0.1) is 0 Å². The van der Waals surface area contributed by atoms with Crippen LogP contribution in [0, 0.1) is 17.8 Å². The number of sulfonamides is 1. The molecular weight excluding hydrogens is 378 g/mol. The van der Waals surface area contributed by atoms with Crippen LogP contribution in [-0.2, 0) is 21.4 Å². The number of hydrogen-bond donors (Lipinski definition) is 3. The number of ether oxygens (including phenoxy) is 1. The molecule has 4 N–H and O–H groups in total. The van der Waals surface area contributed by atoms with Crippen molar-refractivity contribution in [2.75, 3.05) is 5.75 Å². The van der Waals surface area contributed by atoms with Crippen molar-refractivity contribution in [3.05, 3.63) is 35.9 Å². The topological polar surface area (TPSA) is 111 Å². The van der Waals surface area contributed by atoms with Crippen molar-refractivity contribution in [2.45, 2.75) is 56.9 Å². The Kier molecular flexibility index (Phi) is 5.62. The van der Waals surface area contributed by atoms with Gasteiger partial charge in [-0.3, -0.25) is 0 Å². The fourth-order valence-corrected chi connectivity index (χ4v) is 5.91. The summed E-state index contributed by atoms with van der Waals surface area (Å²) >= 11 is 0. The lowest BCUT2D eigenvalue weighted by molar-refractivity contribution is 0.0428. The fraction of sp³-hybridized carbons (Fsp3) is 0.650. The highest BCUT2D eigenvalue weighted by atomic mass is 32.2. The van der Waals surface area contributed by atoms with E-state index in [1.54, 1.807) is 0 Å². The number of urea groups is 1. The van der Waals surface area contributed by atoms with Crippen molar-refractivity contribution in [2.24, 2.45) is 22.9 Å². The first-order valence-electron chi connectivity index (χ1n) is 10.1. The number of amides is 2. The molecule has 3 saturated carbocycles. The molecule has 28 heavy (non-hydrogen) atoms. The van der Waals surface area contributed by atoms with E-state index in [0.29, 0.717) is 31.3 Å². The van der Waals surface area contributed by atoms with Crippen LogP contribution in [0.15, 0.2) is 30.3 Å². The summed E-state index contributed by atoms with van der Waals surface area (Å²) in [4.78, 5) is 12.2. The van der Waals surface area contributed by atoms with E-state index in [2.05, 4.69) is 22.8 Å². The zero-order valence-corrected chi connectivity index (χ0v) is 16.7. The summed E-state index contributed by atoms with van der Waals surface area (Å²) in [6, 6.07) is 10.3. The van der Waals surface area contributed by atoms with Crippen molar-refractivity contribution in [1.82, 2.24) is 10.6 Å². The molecule has 3 fully saturated rings. The van der Waals surface area contributed by atoms with Crippen LogP contribution < -0.4 is 15.8 Å². The van der Waals surface area contributed by atoms with Gasteiger partial charge in [-0.05, 0) is 55.4 Å². The van der Waals surface area contributed by atoms with E-state index in [1.807, 2.05) is 18.2 Å². The highest BCUT2D eigenvalue weighted by Gasteiger charge is 2.48. The van der Waals surface area contributed by atoms with Gasteiger partial charge in [0, 0.05) is 12.1 Å². The normalized spacial score (nSPS) is 34.0. The molecule has 0 heterocycles. The maximum Gasteiger partial charge on any atom is 0.315 e. The molecule has 0 aromatic heterocycles. The Morgan fingerprint density at radius 3 is 2.54 bits per heavy atom. The van der Waals surface area contributed by atoms with E-state index in [1.165, 1.54) is 5.56 Å². The zero-order valence-electron chi connectivity index (χ0n) is 15.9. The molecule has 154 valence electrons. The second kappa shape index (κ2) is 8.00. The van der Waals surface area contributed by atoms with Crippen molar-refractivity contribution in [1.29, 1.82) is 0 Å². The second-order valence-corrected chi connectivity index (χ2v) is 10.3. The van der Waals surface area contributed by atoms with Gasteiger partial charge in [-0.2, -0.15) is 0 Å². The summed E-state index contributed by atoms with van der Waals surface area (Å²) in [6.45, 7) is 0.644. The molecule has 2 amide bonds. The number of hydrogen-bond acceptors (Lipinski definition) is 4. The average molecular weight is 408 g/mol. The molecule has 3 aliphatic rings. The summed E-state index contributed by atoms with van der Waals surface area (Å²) in [7, 11) is -3.43. The van der Waals surface area contributed by atoms with Crippen LogP contribution in [0.3, 0.4) is 0 Å². The van der Waals surface area contributed by atoms with E-state index in [9.17, 15) is 13.2 Å². The van der Waals surface area contributed by atoms with Gasteiger partial charge in [0.1, 0.15) is 0 Å². The third kappa shape index (κ3) is 4.85. The molecular formula is C20H29N3O4S. The number of primary sulfonamides is 1. The summed E-state index contributed by atoms with van der Waals surface area (Å²) in [5.41, 5.74) is 1.19. The molecule has 0 radical (unpaired) electrons. The van der Waals surface area contributed by atoms with Gasteiger partial charge in [0.2, 0.25) is 10.0 Å². The Bertz CT molecular complexity index is 795. The zero-order chi connectivity index (χ0) is 19.7. The number of nitrogens with two attached hydrogens (primary N) is 1. The van der Waals surface area contributed by atoms with Crippen molar-refractivity contribution in [3.63, 3.8) is 0 Å². The Balaban J connectivity index is 1.14. The number of benzene rings is 1. The summed E-state index contributed by atoms with van der Waals surface area (Å²) in [5, 5.41) is 11.1. The van der Waals surface area contributed by atoms with Crippen molar-refractivity contribution < 1.29 is 17.9 Å². The Hall–Kier alpha value is -1.64. The van der Waals surface area contributed by atoms with E-state index >= 15 is 0 Å². The number of rotatable bonds is 7. The molecule has 0 saturated heterocycles. The maximum absolute atomic E-state index is 12.2. The molecule has 0 aliphatic heterocycles. The lowest BCUT2D eigenvalue weighted by Gasteiger charge is -2.41. The minimum absolute atomic E-state index is 0.00352. The van der Waals surface area contributed by atoms with Crippen molar-refractivity contribution in [3.8, 4) is 0 Å². The first-order valence-corrected chi connectivity index (χ1v) is 11.8. The van der Waals surface area contributed by atoms with Crippen LogP contribution in [0.5, 0.6) is 0 Å². The summed E-state index contributed by atoms with van der Waals surface area (Å²) in [6.07, 6.45) is 4.72. The molecule has 1 aromatic carbocycles. The molecule has 0 spiro atoms. The monoisotopic (exact) mass is 407 g/mol. The standard InChI is InChI=1S/C20H29N3O4S/c21-28(25,26)12-14-6-16(7-14)22-20(24)23-19-9-15-8-17(10-18(15)19)27-11-13-4-2-1-3-5-13/h1-5,14-19H,6-12H2,(H2,21,25,26)(H2,22,23,24)/t14?,15-,16?,17?,18-,19?/m0/s1. The predicted octanol–water partition coefficient (Wildman–Crippen LogP) is 1.74. The molecule has 0 bridgehead atoms. The predicted molar refractivity (Wildman–Crippen MR) is 106 cm³/mol. The van der Waals surface area contributed by atoms with E-state index in [-0.39, 0.29) is 35.9 Å². The highest BCUT2D eigenvalue weighted by molar-refractivity contribution is 7.89. The number of nitrogens with one attached hydrogen (secondary N) is 2. The first kappa shape index (κ1) is 19.7. The molecule has 7 nitrogen and oxygen atoms in total. The van der Waals surface area contributed by atoms with Crippen LogP contribution in [0.1, 0.15) is 37.7 Å². The van der Waals surface area contributed by atoms with Gasteiger partial charge >= 0.3 is 6.03 Å². The molecule has 8 heteroatoms. The molecule has 4 atom stereocenters. The molecule has 2 unspecified atom stereocenters. The third-order valence-electron chi connectivity index (χ3n) is 6.46. The van der Waals surface area contributed by atoms with E-state index < -0.39 is 10.0 Å². The minimum atomic E-state index is -3.43. The van der Waals surface area contributed by atoms with Crippen LogP contribution >= 0.6 is 0 Å². The highest BCUT2D eigenvalue weighted by Crippen LogP contribution is 2.48. The minimum Gasteiger partial charge on any atom is -0.374 e. The third-order valence-corrected chi connectivity index (χ3v) is 7.40. The summed E-state index contributed by atoms with van der Waals surface area (Å²) < 4.78 is 28.2. The lowest BCUT2D eigenvalue weighted by atomic mass is 9.71. The maximum atomic E-state index is 12.2. The van der Waals surface area contributed by atoms with E-state index in [0.717, 1.165) is 19.3 Å². The quantitative estimate of drug-likeness (QED) is 0.639. The van der Waals surface area contributed by atoms with Gasteiger partial charge in [-0.1, -0.05) is 30.3 Å². The Morgan fingerprint density at radius 1 is 1.07 bits per heavy atom. The first-order chi connectivity index (χ1) is 13.4. The van der Waals surface area contributed by atoms with Crippen LogP contribution in [0.2, 0.25) is 0 Å². The number of carbonyl (C=O) groups excluding carboxylic acids is 1. The molecule has 4 rings (SSSR count). The Morgan fingerprint density at radius 2 is 1.82 bits per heavy atom. The number of fused-ring (bicyclic) bond motifs is 1.